The molecule has 0 aliphatic carbocycles. The van der Waals surface area contributed by atoms with Crippen molar-refractivity contribution >= 4 is 17.9 Å². The quantitative estimate of drug-likeness (QED) is 0.0262. The number of allylic oxidation sites excluding steroid dienone is 10. The zero-order valence-electron chi connectivity index (χ0n) is 45.8. The largest absolute Gasteiger partial charge is 0.462 e. The molecule has 6 heteroatoms. The van der Waals surface area contributed by atoms with Gasteiger partial charge in [0.2, 0.25) is 0 Å². The van der Waals surface area contributed by atoms with Gasteiger partial charge in [0, 0.05) is 19.3 Å². The van der Waals surface area contributed by atoms with Crippen molar-refractivity contribution in [3.05, 3.63) is 60.8 Å². The summed E-state index contributed by atoms with van der Waals surface area (Å²) in [6.45, 7) is 6.57. The van der Waals surface area contributed by atoms with Crippen LogP contribution in [0.2, 0.25) is 0 Å². The van der Waals surface area contributed by atoms with Crippen molar-refractivity contribution in [2.24, 2.45) is 0 Å². The highest BCUT2D eigenvalue weighted by molar-refractivity contribution is 5.71. The molecule has 0 saturated carbocycles. The molecule has 0 aliphatic heterocycles. The summed E-state index contributed by atoms with van der Waals surface area (Å²) in [5, 5.41) is 0. The molecular weight excluding hydrogens is 853 g/mol. The van der Waals surface area contributed by atoms with Gasteiger partial charge in [0.05, 0.1) is 0 Å². The predicted molar refractivity (Wildman–Crippen MR) is 298 cm³/mol. The maximum Gasteiger partial charge on any atom is 0.306 e. The zero-order valence-corrected chi connectivity index (χ0v) is 45.8. The van der Waals surface area contributed by atoms with Crippen LogP contribution in [0.4, 0.5) is 0 Å². The van der Waals surface area contributed by atoms with E-state index < -0.39 is 6.10 Å². The molecule has 1 atom stereocenters. The molecule has 0 fully saturated rings. The van der Waals surface area contributed by atoms with Crippen LogP contribution < -0.4 is 0 Å². The molecule has 0 aromatic heterocycles. The van der Waals surface area contributed by atoms with E-state index in [1.165, 1.54) is 161 Å². The first-order valence-corrected chi connectivity index (χ1v) is 29.8. The summed E-state index contributed by atoms with van der Waals surface area (Å²) >= 11 is 0. The predicted octanol–water partition coefficient (Wildman–Crippen LogP) is 20.0. The van der Waals surface area contributed by atoms with Crippen molar-refractivity contribution in [2.45, 2.75) is 309 Å². The van der Waals surface area contributed by atoms with E-state index in [-0.39, 0.29) is 31.1 Å². The number of hydrogen-bond donors (Lipinski definition) is 0. The van der Waals surface area contributed by atoms with Gasteiger partial charge in [-0.05, 0) is 83.5 Å². The van der Waals surface area contributed by atoms with Gasteiger partial charge in [-0.3, -0.25) is 14.4 Å². The number of rotatable bonds is 54. The molecule has 0 saturated heterocycles. The molecule has 6 nitrogen and oxygen atoms in total. The van der Waals surface area contributed by atoms with Gasteiger partial charge in [0.1, 0.15) is 13.2 Å². The fourth-order valence-electron chi connectivity index (χ4n) is 8.49. The molecule has 0 amide bonds. The number of hydrogen-bond acceptors (Lipinski definition) is 6. The van der Waals surface area contributed by atoms with Gasteiger partial charge in [0.15, 0.2) is 6.10 Å². The first-order chi connectivity index (χ1) is 34.0. The molecular formula is C63H112O6. The third-order valence-corrected chi connectivity index (χ3v) is 13.0. The van der Waals surface area contributed by atoms with Gasteiger partial charge < -0.3 is 14.2 Å². The lowest BCUT2D eigenvalue weighted by molar-refractivity contribution is -0.167. The van der Waals surface area contributed by atoms with Gasteiger partial charge in [-0.15, -0.1) is 0 Å². The molecule has 400 valence electrons. The van der Waals surface area contributed by atoms with Crippen molar-refractivity contribution < 1.29 is 28.6 Å². The molecule has 0 aliphatic rings. The molecule has 69 heavy (non-hydrogen) atoms. The van der Waals surface area contributed by atoms with Crippen molar-refractivity contribution in [1.82, 2.24) is 0 Å². The van der Waals surface area contributed by atoms with Crippen LogP contribution in [0.15, 0.2) is 60.8 Å². The third-order valence-electron chi connectivity index (χ3n) is 13.0. The number of unbranched alkanes of at least 4 members (excludes halogenated alkanes) is 33. The minimum atomic E-state index is -0.781. The second-order valence-electron chi connectivity index (χ2n) is 19.9. The van der Waals surface area contributed by atoms with Gasteiger partial charge in [-0.2, -0.15) is 0 Å². The second-order valence-corrected chi connectivity index (χ2v) is 19.9. The van der Waals surface area contributed by atoms with Crippen LogP contribution in [0, 0.1) is 0 Å². The van der Waals surface area contributed by atoms with E-state index in [0.29, 0.717) is 19.3 Å². The topological polar surface area (TPSA) is 78.9 Å². The summed E-state index contributed by atoms with van der Waals surface area (Å²) in [4.78, 5) is 38.1. The lowest BCUT2D eigenvalue weighted by atomic mass is 10.0. The standard InChI is InChI=1S/C63H112O6/c1-4-7-10-13-16-19-22-25-26-27-28-29-30-31-32-33-34-35-36-39-41-44-47-50-53-56-62(65)68-59-60(69-63(66)57-54-51-48-45-42-38-24-21-18-15-12-9-6-3)58-67-61(64)55-52-49-46-43-40-37-23-20-17-14-11-8-5-2/h12,15,21-22,24-25,27-28,30-31,60H,4-11,13-14,16-20,23,26,29,32-59H2,1-3H3/b15-12-,24-21-,25-22-,28-27-,31-30-. The lowest BCUT2D eigenvalue weighted by Gasteiger charge is -2.18. The van der Waals surface area contributed by atoms with Crippen molar-refractivity contribution in [2.75, 3.05) is 13.2 Å². The monoisotopic (exact) mass is 965 g/mol. The molecule has 0 rings (SSSR count). The van der Waals surface area contributed by atoms with E-state index in [2.05, 4.69) is 81.5 Å². The Bertz CT molecular complexity index is 1250. The number of esters is 3. The number of ether oxygens (including phenoxy) is 3. The van der Waals surface area contributed by atoms with Crippen LogP contribution in [-0.4, -0.2) is 37.2 Å². The van der Waals surface area contributed by atoms with E-state index in [4.69, 9.17) is 14.2 Å². The van der Waals surface area contributed by atoms with Crippen LogP contribution in [0.5, 0.6) is 0 Å². The van der Waals surface area contributed by atoms with E-state index in [1.807, 2.05) is 0 Å². The molecule has 0 spiro atoms. The Hall–Kier alpha value is -2.89. The maximum absolute atomic E-state index is 12.8. The second kappa shape index (κ2) is 57.7. The Morgan fingerprint density at radius 2 is 0.551 bits per heavy atom. The molecule has 0 bridgehead atoms. The summed E-state index contributed by atoms with van der Waals surface area (Å²) in [5.41, 5.74) is 0. The summed E-state index contributed by atoms with van der Waals surface area (Å²) < 4.78 is 16.9. The maximum atomic E-state index is 12.8. The summed E-state index contributed by atoms with van der Waals surface area (Å²) in [6.07, 6.45) is 72.2. The highest BCUT2D eigenvalue weighted by Crippen LogP contribution is 2.16. The highest BCUT2D eigenvalue weighted by Gasteiger charge is 2.19. The van der Waals surface area contributed by atoms with Crippen LogP contribution in [0.25, 0.3) is 0 Å². The Morgan fingerprint density at radius 1 is 0.290 bits per heavy atom. The average molecular weight is 966 g/mol. The van der Waals surface area contributed by atoms with Gasteiger partial charge >= 0.3 is 17.9 Å². The van der Waals surface area contributed by atoms with E-state index in [0.717, 1.165) is 103 Å². The van der Waals surface area contributed by atoms with Crippen LogP contribution >= 0.6 is 0 Å². The smallest absolute Gasteiger partial charge is 0.306 e. The minimum Gasteiger partial charge on any atom is -0.462 e. The average Bonchev–Trinajstić information content (AvgIpc) is 3.35. The van der Waals surface area contributed by atoms with Crippen molar-refractivity contribution in [1.29, 1.82) is 0 Å². The van der Waals surface area contributed by atoms with Gasteiger partial charge in [-0.1, -0.05) is 261 Å². The molecule has 0 aromatic rings. The molecule has 0 heterocycles. The van der Waals surface area contributed by atoms with E-state index in [1.54, 1.807) is 0 Å². The van der Waals surface area contributed by atoms with E-state index in [9.17, 15) is 14.4 Å². The Labute approximate surface area is 428 Å². The first-order valence-electron chi connectivity index (χ1n) is 29.8. The molecule has 1 unspecified atom stereocenters. The van der Waals surface area contributed by atoms with Crippen molar-refractivity contribution in [3.8, 4) is 0 Å². The first kappa shape index (κ1) is 66.1. The highest BCUT2D eigenvalue weighted by atomic mass is 16.6. The van der Waals surface area contributed by atoms with Gasteiger partial charge in [-0.25, -0.2) is 0 Å². The normalized spacial score (nSPS) is 12.4. The Balaban J connectivity index is 4.27. The van der Waals surface area contributed by atoms with E-state index >= 15 is 0 Å². The Morgan fingerprint density at radius 3 is 0.870 bits per heavy atom. The molecule has 0 N–H and O–H groups in total. The fourth-order valence-corrected chi connectivity index (χ4v) is 8.49. The molecule has 0 aromatic carbocycles. The summed E-state index contributed by atoms with van der Waals surface area (Å²) in [5.74, 6) is -0.885. The summed E-state index contributed by atoms with van der Waals surface area (Å²) in [6, 6.07) is 0. The SMILES string of the molecule is CCC/C=C\C/C=C\CCCCCCCC(=O)OC(COC(=O)CCCCCCCCCCCC/C=C\C/C=C\C/C=C\CCCCCCC)COC(=O)CCCCCCCCCCCCCCC. The Kier molecular flexibility index (Phi) is 55.3. The number of carbonyl (C=O) groups excluding carboxylic acids is 3. The number of carbonyl (C=O) groups is 3. The third kappa shape index (κ3) is 55.9. The summed E-state index contributed by atoms with van der Waals surface area (Å²) in [7, 11) is 0. The van der Waals surface area contributed by atoms with Crippen LogP contribution in [0.3, 0.4) is 0 Å². The fraction of sp³-hybridized carbons (Fsp3) is 0.794. The minimum absolute atomic E-state index is 0.0785. The zero-order chi connectivity index (χ0) is 50.0. The van der Waals surface area contributed by atoms with Crippen LogP contribution in [-0.2, 0) is 28.6 Å². The molecule has 0 radical (unpaired) electrons. The lowest BCUT2D eigenvalue weighted by Crippen LogP contribution is -2.30. The van der Waals surface area contributed by atoms with Gasteiger partial charge in [0.25, 0.3) is 0 Å². The van der Waals surface area contributed by atoms with Crippen LogP contribution in [0.1, 0.15) is 303 Å². The van der Waals surface area contributed by atoms with Crippen molar-refractivity contribution in [3.63, 3.8) is 0 Å².